The lowest BCUT2D eigenvalue weighted by atomic mass is 10.2. The second-order valence-electron chi connectivity index (χ2n) is 4.71. The zero-order valence-electron chi connectivity index (χ0n) is 13.0. The Bertz CT molecular complexity index is 756. The van der Waals surface area contributed by atoms with Crippen LogP contribution in [0.3, 0.4) is 0 Å². The number of hydrogen-bond acceptors (Lipinski definition) is 4. The topological polar surface area (TPSA) is 59.6 Å². The van der Waals surface area contributed by atoms with Gasteiger partial charge in [-0.3, -0.25) is 4.79 Å². The SMILES string of the molecule is COc1cc(NCC(=O)Nc2cc(F)ccc2F)c(OC)cc1Cl. The third kappa shape index (κ3) is 4.26. The first-order chi connectivity index (χ1) is 11.4. The molecule has 0 spiro atoms. The number of benzene rings is 2. The van der Waals surface area contributed by atoms with E-state index in [-0.39, 0.29) is 12.2 Å². The molecule has 0 saturated carbocycles. The molecule has 2 aromatic carbocycles. The molecule has 128 valence electrons. The highest BCUT2D eigenvalue weighted by Gasteiger charge is 2.12. The molecule has 0 aliphatic carbocycles. The molecule has 0 saturated heterocycles. The minimum absolute atomic E-state index is 0.197. The van der Waals surface area contributed by atoms with Crippen molar-refractivity contribution in [1.82, 2.24) is 0 Å². The van der Waals surface area contributed by atoms with E-state index < -0.39 is 17.5 Å². The molecule has 8 heteroatoms. The van der Waals surface area contributed by atoms with Gasteiger partial charge < -0.3 is 20.1 Å². The lowest BCUT2D eigenvalue weighted by molar-refractivity contribution is -0.114. The quantitative estimate of drug-likeness (QED) is 0.828. The molecular weight excluding hydrogens is 342 g/mol. The van der Waals surface area contributed by atoms with Gasteiger partial charge in [0.25, 0.3) is 0 Å². The summed E-state index contributed by atoms with van der Waals surface area (Å²) in [5, 5.41) is 5.47. The van der Waals surface area contributed by atoms with Crippen LogP contribution in [0.25, 0.3) is 0 Å². The Morgan fingerprint density at radius 1 is 1.08 bits per heavy atom. The molecule has 0 radical (unpaired) electrons. The van der Waals surface area contributed by atoms with E-state index in [2.05, 4.69) is 10.6 Å². The van der Waals surface area contributed by atoms with E-state index in [1.165, 1.54) is 20.3 Å². The number of amides is 1. The summed E-state index contributed by atoms with van der Waals surface area (Å²) in [6, 6.07) is 5.91. The molecule has 5 nitrogen and oxygen atoms in total. The predicted octanol–water partition coefficient (Wildman–Crippen LogP) is 3.69. The predicted molar refractivity (Wildman–Crippen MR) is 88.0 cm³/mol. The van der Waals surface area contributed by atoms with E-state index in [4.69, 9.17) is 21.1 Å². The average Bonchev–Trinajstić information content (AvgIpc) is 2.56. The van der Waals surface area contributed by atoms with Gasteiger partial charge in [0.2, 0.25) is 5.91 Å². The van der Waals surface area contributed by atoms with Crippen molar-refractivity contribution in [3.8, 4) is 11.5 Å². The lowest BCUT2D eigenvalue weighted by Gasteiger charge is -2.14. The Morgan fingerprint density at radius 2 is 1.79 bits per heavy atom. The number of anilines is 2. The fraction of sp³-hybridized carbons (Fsp3) is 0.188. The number of hydrogen-bond donors (Lipinski definition) is 2. The van der Waals surface area contributed by atoms with Crippen LogP contribution in [0, 0.1) is 11.6 Å². The van der Waals surface area contributed by atoms with E-state index in [0.717, 1.165) is 18.2 Å². The zero-order chi connectivity index (χ0) is 17.7. The van der Waals surface area contributed by atoms with Crippen molar-refractivity contribution in [3.63, 3.8) is 0 Å². The Balaban J connectivity index is 2.07. The molecule has 0 atom stereocenters. The van der Waals surface area contributed by atoms with E-state index in [9.17, 15) is 13.6 Å². The average molecular weight is 357 g/mol. The van der Waals surface area contributed by atoms with Crippen LogP contribution in [0.15, 0.2) is 30.3 Å². The Labute approximate surface area is 142 Å². The summed E-state index contributed by atoms with van der Waals surface area (Å²) in [5.41, 5.74) is 0.232. The van der Waals surface area contributed by atoms with E-state index >= 15 is 0 Å². The molecule has 1 amide bonds. The van der Waals surface area contributed by atoms with Crippen LogP contribution in [-0.4, -0.2) is 26.7 Å². The number of carbonyl (C=O) groups excluding carboxylic acids is 1. The molecule has 0 unspecified atom stereocenters. The number of halogens is 3. The van der Waals surface area contributed by atoms with E-state index in [1.54, 1.807) is 6.07 Å². The van der Waals surface area contributed by atoms with Crippen molar-refractivity contribution in [2.45, 2.75) is 0 Å². The maximum absolute atomic E-state index is 13.5. The lowest BCUT2D eigenvalue weighted by Crippen LogP contribution is -2.22. The van der Waals surface area contributed by atoms with Crippen LogP contribution >= 0.6 is 11.6 Å². The monoisotopic (exact) mass is 356 g/mol. The molecule has 0 aromatic heterocycles. The second kappa shape index (κ2) is 7.83. The van der Waals surface area contributed by atoms with Gasteiger partial charge in [0.15, 0.2) is 0 Å². The van der Waals surface area contributed by atoms with Gasteiger partial charge in [0.05, 0.1) is 37.2 Å². The van der Waals surface area contributed by atoms with Crippen molar-refractivity contribution >= 4 is 28.9 Å². The zero-order valence-corrected chi connectivity index (χ0v) is 13.7. The van der Waals surface area contributed by atoms with E-state index in [1.807, 2.05) is 0 Å². The molecule has 0 bridgehead atoms. The second-order valence-corrected chi connectivity index (χ2v) is 5.12. The first kappa shape index (κ1) is 17.8. The summed E-state index contributed by atoms with van der Waals surface area (Å²) in [5.74, 6) is -1.13. The number of nitrogens with one attached hydrogen (secondary N) is 2. The van der Waals surface area contributed by atoms with Crippen LogP contribution in [0.4, 0.5) is 20.2 Å². The Morgan fingerprint density at radius 3 is 2.46 bits per heavy atom. The highest BCUT2D eigenvalue weighted by Crippen LogP contribution is 2.35. The van der Waals surface area contributed by atoms with Gasteiger partial charge in [-0.25, -0.2) is 8.78 Å². The van der Waals surface area contributed by atoms with Gasteiger partial charge in [0, 0.05) is 18.2 Å². The fourth-order valence-electron chi connectivity index (χ4n) is 1.96. The van der Waals surface area contributed by atoms with Gasteiger partial charge >= 0.3 is 0 Å². The number of ether oxygens (including phenoxy) is 2. The molecule has 24 heavy (non-hydrogen) atoms. The summed E-state index contributed by atoms with van der Waals surface area (Å²) >= 11 is 5.99. The Kier molecular flexibility index (Phi) is 5.81. The largest absolute Gasteiger partial charge is 0.495 e. The first-order valence-electron chi connectivity index (χ1n) is 6.85. The summed E-state index contributed by atoms with van der Waals surface area (Å²) in [6.45, 7) is -0.197. The molecule has 2 N–H and O–H groups in total. The van der Waals surface area contributed by atoms with Crippen LogP contribution in [0.5, 0.6) is 11.5 Å². The van der Waals surface area contributed by atoms with Crippen LogP contribution in [0.2, 0.25) is 5.02 Å². The van der Waals surface area contributed by atoms with Crippen LogP contribution in [-0.2, 0) is 4.79 Å². The molecule has 0 aliphatic rings. The smallest absolute Gasteiger partial charge is 0.243 e. The number of carbonyl (C=O) groups is 1. The third-order valence-electron chi connectivity index (χ3n) is 3.12. The maximum Gasteiger partial charge on any atom is 0.243 e. The van der Waals surface area contributed by atoms with Crippen LogP contribution in [0.1, 0.15) is 0 Å². The van der Waals surface area contributed by atoms with Crippen molar-refractivity contribution < 1.29 is 23.0 Å². The van der Waals surface area contributed by atoms with Crippen molar-refractivity contribution in [2.24, 2.45) is 0 Å². The normalized spacial score (nSPS) is 10.2. The van der Waals surface area contributed by atoms with Crippen molar-refractivity contribution in [3.05, 3.63) is 47.0 Å². The van der Waals surface area contributed by atoms with Gasteiger partial charge in [0.1, 0.15) is 23.1 Å². The van der Waals surface area contributed by atoms with Crippen molar-refractivity contribution in [1.29, 1.82) is 0 Å². The molecule has 0 aliphatic heterocycles. The van der Waals surface area contributed by atoms with Gasteiger partial charge in [-0.2, -0.15) is 0 Å². The minimum atomic E-state index is -0.726. The molecule has 0 heterocycles. The summed E-state index contributed by atoms with van der Waals surface area (Å²) in [4.78, 5) is 11.9. The number of rotatable bonds is 6. The van der Waals surface area contributed by atoms with Gasteiger partial charge in [-0.1, -0.05) is 11.6 Å². The highest BCUT2D eigenvalue weighted by atomic mass is 35.5. The van der Waals surface area contributed by atoms with Gasteiger partial charge in [-0.15, -0.1) is 0 Å². The van der Waals surface area contributed by atoms with Crippen LogP contribution < -0.4 is 20.1 Å². The Hall–Kier alpha value is -2.54. The fourth-order valence-corrected chi connectivity index (χ4v) is 2.19. The first-order valence-corrected chi connectivity index (χ1v) is 7.22. The third-order valence-corrected chi connectivity index (χ3v) is 3.41. The summed E-state index contributed by atoms with van der Waals surface area (Å²) < 4.78 is 36.9. The highest BCUT2D eigenvalue weighted by molar-refractivity contribution is 6.32. The molecule has 0 fully saturated rings. The van der Waals surface area contributed by atoms with Gasteiger partial charge in [-0.05, 0) is 12.1 Å². The van der Waals surface area contributed by atoms with Crippen molar-refractivity contribution in [2.75, 3.05) is 31.4 Å². The molecule has 2 aromatic rings. The number of methoxy groups -OCH3 is 2. The van der Waals surface area contributed by atoms with E-state index in [0.29, 0.717) is 22.2 Å². The molecular formula is C16H15ClF2N2O3. The molecule has 2 rings (SSSR count). The summed E-state index contributed by atoms with van der Waals surface area (Å²) in [6.07, 6.45) is 0. The maximum atomic E-state index is 13.5. The standard InChI is InChI=1S/C16H15ClF2N2O3/c1-23-14-7-13(15(24-2)6-10(14)17)20-8-16(22)21-12-5-9(18)3-4-11(12)19/h3-7,20H,8H2,1-2H3,(H,21,22). The minimum Gasteiger partial charge on any atom is -0.495 e. The summed E-state index contributed by atoms with van der Waals surface area (Å²) in [7, 11) is 2.91.